The molecular weight excluding hydrogens is 1040 g/mol. The summed E-state index contributed by atoms with van der Waals surface area (Å²) in [5.74, 6) is 0.0994. The maximum absolute atomic E-state index is 3.85. The molecule has 12 aromatic carbocycles. The first-order valence-electron chi connectivity index (χ1n) is 30.1. The van der Waals surface area contributed by atoms with Gasteiger partial charge in [-0.05, 0) is 185 Å². The highest BCUT2D eigenvalue weighted by Gasteiger charge is 2.52. The van der Waals surface area contributed by atoms with Gasteiger partial charge < -0.3 is 0 Å². The lowest BCUT2D eigenvalue weighted by Crippen LogP contribution is -2.71. The van der Waals surface area contributed by atoms with E-state index in [2.05, 4.69) is 340 Å². The van der Waals surface area contributed by atoms with Gasteiger partial charge in [-0.1, -0.05) is 314 Å². The Hall–Kier alpha value is -9.66. The van der Waals surface area contributed by atoms with E-state index in [-0.39, 0.29) is 5.92 Å². The molecule has 0 saturated heterocycles. The summed E-state index contributed by atoms with van der Waals surface area (Å²) in [7, 11) is -3.85. The Morgan fingerprint density at radius 2 is 0.435 bits per heavy atom. The summed E-state index contributed by atoms with van der Waals surface area (Å²) >= 11 is 0. The number of hydrogen-bond donors (Lipinski definition) is 0. The van der Waals surface area contributed by atoms with Gasteiger partial charge in [0.05, 0.1) is 0 Å². The van der Waals surface area contributed by atoms with Crippen molar-refractivity contribution in [2.45, 2.75) is 48.5 Å². The van der Waals surface area contributed by atoms with Gasteiger partial charge in [-0.25, -0.2) is 0 Å². The Morgan fingerprint density at radius 3 is 0.635 bits per heavy atom. The molecule has 0 heterocycles. The van der Waals surface area contributed by atoms with E-state index in [1.54, 1.807) is 5.20 Å². The van der Waals surface area contributed by atoms with Crippen molar-refractivity contribution < 1.29 is 0 Å². The second kappa shape index (κ2) is 23.2. The first-order chi connectivity index (χ1) is 41.7. The summed E-state index contributed by atoms with van der Waals surface area (Å²) in [4.78, 5) is 0. The monoisotopic (exact) mass is 1110 g/mol. The molecule has 0 fully saturated rings. The van der Waals surface area contributed by atoms with Crippen LogP contribution in [0.25, 0.3) is 100 Å². The molecule has 85 heavy (non-hydrogen) atoms. The molecule has 1 aliphatic carbocycles. The molecule has 0 bridgehead atoms. The normalized spacial score (nSPS) is 13.4. The Bertz CT molecular complexity index is 4030. The molecule has 0 aromatic heterocycles. The molecule has 0 N–H and O–H groups in total. The zero-order valence-electron chi connectivity index (χ0n) is 49.8. The molecule has 1 aliphatic rings. The van der Waals surface area contributed by atoms with Gasteiger partial charge in [-0.2, -0.15) is 0 Å². The summed E-state index contributed by atoms with van der Waals surface area (Å²) in [6.45, 7) is 17.3. The van der Waals surface area contributed by atoms with Crippen LogP contribution in [0, 0.1) is 26.7 Å². The maximum Gasteiger partial charge on any atom is 0.177 e. The molecule has 0 amide bonds. The van der Waals surface area contributed by atoms with Crippen molar-refractivity contribution in [3.05, 3.63) is 330 Å². The van der Waals surface area contributed by atoms with Gasteiger partial charge in [0.1, 0.15) is 0 Å². The van der Waals surface area contributed by atoms with E-state index >= 15 is 0 Å². The van der Waals surface area contributed by atoms with Crippen LogP contribution in [-0.2, 0) is 0 Å². The zero-order chi connectivity index (χ0) is 58.2. The van der Waals surface area contributed by atoms with Gasteiger partial charge in [0.15, 0.2) is 8.07 Å². The quantitative estimate of drug-likeness (QED) is 0.0797. The molecule has 0 saturated carbocycles. The van der Waals surface area contributed by atoms with E-state index in [4.69, 9.17) is 0 Å². The van der Waals surface area contributed by atoms with Crippen molar-refractivity contribution in [3.8, 4) is 100 Å². The Balaban J connectivity index is 1.37. The summed E-state index contributed by atoms with van der Waals surface area (Å²) in [6, 6.07) is 109. The summed E-state index contributed by atoms with van der Waals surface area (Å²) < 4.78 is 0. The molecule has 410 valence electrons. The minimum absolute atomic E-state index is 0.0994. The second-order valence-corrected chi connectivity index (χ2v) is 26.8. The molecular formula is C84H70Si. The lowest BCUT2D eigenvalue weighted by Gasteiger charge is -2.44. The van der Waals surface area contributed by atoms with Gasteiger partial charge in [-0.15, -0.1) is 0 Å². The molecule has 13 rings (SSSR count). The van der Waals surface area contributed by atoms with Crippen molar-refractivity contribution in [1.82, 2.24) is 0 Å². The summed E-state index contributed by atoms with van der Waals surface area (Å²) in [6.07, 6.45) is 0. The van der Waals surface area contributed by atoms with Gasteiger partial charge in [0.2, 0.25) is 0 Å². The fourth-order valence-electron chi connectivity index (χ4n) is 14.5. The molecule has 0 aliphatic heterocycles. The predicted molar refractivity (Wildman–Crippen MR) is 367 cm³/mol. The molecule has 12 aromatic rings. The molecule has 1 atom stereocenters. The van der Waals surface area contributed by atoms with E-state index in [1.165, 1.54) is 149 Å². The van der Waals surface area contributed by atoms with Crippen LogP contribution in [0.2, 0.25) is 0 Å². The topological polar surface area (TPSA) is 0 Å². The third-order valence-electron chi connectivity index (χ3n) is 18.6. The highest BCUT2D eigenvalue weighted by Crippen LogP contribution is 2.51. The van der Waals surface area contributed by atoms with Crippen molar-refractivity contribution >= 4 is 23.6 Å². The van der Waals surface area contributed by atoms with Crippen LogP contribution in [0.4, 0.5) is 0 Å². The molecule has 0 spiro atoms. The van der Waals surface area contributed by atoms with Crippen LogP contribution >= 0.6 is 0 Å². The van der Waals surface area contributed by atoms with Crippen LogP contribution in [0.1, 0.15) is 44.4 Å². The minimum atomic E-state index is -3.85. The molecule has 1 heteroatoms. The lowest BCUT2D eigenvalue weighted by atomic mass is 9.84. The van der Waals surface area contributed by atoms with Gasteiger partial charge >= 0.3 is 0 Å². The first-order valence-corrected chi connectivity index (χ1v) is 32.1. The Kier molecular flexibility index (Phi) is 14.9. The van der Waals surface area contributed by atoms with Gasteiger partial charge in [0.25, 0.3) is 0 Å². The van der Waals surface area contributed by atoms with Crippen molar-refractivity contribution in [1.29, 1.82) is 0 Å². The first kappa shape index (κ1) is 54.6. The highest BCUT2D eigenvalue weighted by molar-refractivity contribution is 7.17. The third kappa shape index (κ3) is 9.50. The van der Waals surface area contributed by atoms with E-state index in [0.29, 0.717) is 0 Å². The Morgan fingerprint density at radius 1 is 0.235 bits per heavy atom. The van der Waals surface area contributed by atoms with Crippen LogP contribution < -0.4 is 15.6 Å². The fraction of sp³-hybridized carbons (Fsp3) is 0.0952. The second-order valence-electron chi connectivity index (χ2n) is 23.2. The number of allylic oxidation sites excluding steroid dienone is 4. The molecule has 1 unspecified atom stereocenters. The van der Waals surface area contributed by atoms with Crippen molar-refractivity contribution in [3.63, 3.8) is 0 Å². The number of rotatable bonds is 13. The Labute approximate surface area is 504 Å². The van der Waals surface area contributed by atoms with E-state index in [0.717, 1.165) is 0 Å². The zero-order valence-corrected chi connectivity index (χ0v) is 50.8. The van der Waals surface area contributed by atoms with Crippen LogP contribution in [0.15, 0.2) is 313 Å². The standard InChI is InChI=1S/C84H70Si/c1-56-57(2)59(4)84(58(56)3)85(75-53-72(63-35-17-8-18-36-63)81(69-47-29-14-30-48-69)78(60(75)5)66-41-23-11-24-42-66,76-54-73(64-37-19-9-20-38-64)82(70-49-31-15-32-50-70)79(61(76)6)67-43-25-12-26-44-67)77-55-74(65-39-21-10-22-40-65)83(71-51-33-16-34-52-71)80(62(77)7)68-45-27-13-28-46-68/h8-55,58H,1-7H3. The van der Waals surface area contributed by atoms with Gasteiger partial charge in [0, 0.05) is 0 Å². The number of benzene rings is 12. The van der Waals surface area contributed by atoms with Crippen molar-refractivity contribution in [2.75, 3.05) is 0 Å². The van der Waals surface area contributed by atoms with Crippen LogP contribution in [-0.4, -0.2) is 8.07 Å². The van der Waals surface area contributed by atoms with E-state index < -0.39 is 8.07 Å². The summed E-state index contributed by atoms with van der Waals surface area (Å²) in [5.41, 5.74) is 30.1. The minimum Gasteiger partial charge on any atom is -0.0636 e. The van der Waals surface area contributed by atoms with Gasteiger partial charge in [-0.3, -0.25) is 0 Å². The number of hydrogen-bond acceptors (Lipinski definition) is 0. The molecule has 0 radical (unpaired) electrons. The van der Waals surface area contributed by atoms with E-state index in [9.17, 15) is 0 Å². The average Bonchev–Trinajstić information content (AvgIpc) is 1.70. The third-order valence-corrected chi connectivity index (χ3v) is 24.2. The SMILES string of the molecule is CC1=C(C)C(C)C([Si](c2cc(-c3ccccc3)c(-c3ccccc3)c(-c3ccccc3)c2C)(c2cc(-c3ccccc3)c(-c3ccccc3)c(-c3ccccc3)c2C)c2cc(-c3ccccc3)c(-c3ccccc3)c(-c3ccccc3)c2C)=C1C. The summed E-state index contributed by atoms with van der Waals surface area (Å²) in [5, 5.41) is 5.74. The lowest BCUT2D eigenvalue weighted by molar-refractivity contribution is 0.851. The van der Waals surface area contributed by atoms with Crippen LogP contribution in [0.3, 0.4) is 0 Å². The average molecular weight is 1110 g/mol. The highest BCUT2D eigenvalue weighted by atomic mass is 28.3. The van der Waals surface area contributed by atoms with E-state index in [1.807, 2.05) is 0 Å². The van der Waals surface area contributed by atoms with Crippen molar-refractivity contribution in [2.24, 2.45) is 5.92 Å². The predicted octanol–water partition coefficient (Wildman–Crippen LogP) is 20.9. The fourth-order valence-corrected chi connectivity index (χ4v) is 21.0. The molecule has 0 nitrogen and oxygen atoms in total. The maximum atomic E-state index is 2.71. The smallest absolute Gasteiger partial charge is 0.0636 e. The largest absolute Gasteiger partial charge is 0.177 e. The van der Waals surface area contributed by atoms with Crippen LogP contribution in [0.5, 0.6) is 0 Å².